The van der Waals surface area contributed by atoms with E-state index in [0.717, 1.165) is 29.8 Å². The van der Waals surface area contributed by atoms with Crippen LogP contribution in [0.3, 0.4) is 0 Å². The molecule has 2 rings (SSSR count). The van der Waals surface area contributed by atoms with E-state index in [9.17, 15) is 5.11 Å². The molecule has 1 aliphatic rings. The zero-order chi connectivity index (χ0) is 11.6. The average Bonchev–Trinajstić information content (AvgIpc) is 2.16. The predicted octanol–water partition coefficient (Wildman–Crippen LogP) is 2.51. The van der Waals surface area contributed by atoms with Gasteiger partial charge in [-0.2, -0.15) is 0 Å². The first-order valence-corrected chi connectivity index (χ1v) is 6.18. The molecule has 0 aromatic heterocycles. The minimum atomic E-state index is -0.637. The van der Waals surface area contributed by atoms with Crippen LogP contribution in [0.1, 0.15) is 31.2 Å². The van der Waals surface area contributed by atoms with Crippen LogP contribution in [-0.4, -0.2) is 16.7 Å². The van der Waals surface area contributed by atoms with Gasteiger partial charge in [0, 0.05) is 17.5 Å². The lowest BCUT2D eigenvalue weighted by Gasteiger charge is -2.35. The molecule has 16 heavy (non-hydrogen) atoms. The maximum Gasteiger partial charge on any atom is 0.0702 e. The Balaban J connectivity index is 2.08. The molecular weight excluding hydrogens is 222 g/mol. The third-order valence-corrected chi connectivity index (χ3v) is 3.52. The first kappa shape index (κ1) is 11.9. The van der Waals surface area contributed by atoms with Gasteiger partial charge >= 0.3 is 0 Å². The maximum absolute atomic E-state index is 10.5. The second-order valence-electron chi connectivity index (χ2n) is 4.89. The van der Waals surface area contributed by atoms with Crippen molar-refractivity contribution in [3.8, 4) is 0 Å². The SMILES string of the molecule is NC1CCCC(O)(Cc2cccc(Cl)c2)C1. The summed E-state index contributed by atoms with van der Waals surface area (Å²) in [5.74, 6) is 0. The highest BCUT2D eigenvalue weighted by Crippen LogP contribution is 2.31. The molecule has 1 aromatic rings. The van der Waals surface area contributed by atoms with Crippen LogP contribution >= 0.6 is 11.6 Å². The Labute approximate surface area is 101 Å². The summed E-state index contributed by atoms with van der Waals surface area (Å²) in [6.45, 7) is 0. The molecule has 1 fully saturated rings. The summed E-state index contributed by atoms with van der Waals surface area (Å²) in [4.78, 5) is 0. The summed E-state index contributed by atoms with van der Waals surface area (Å²) in [6.07, 6.45) is 4.23. The highest BCUT2D eigenvalue weighted by atomic mass is 35.5. The summed E-state index contributed by atoms with van der Waals surface area (Å²) in [7, 11) is 0. The van der Waals surface area contributed by atoms with Gasteiger partial charge in [-0.25, -0.2) is 0 Å². The summed E-state index contributed by atoms with van der Waals surface area (Å²) in [5, 5.41) is 11.2. The van der Waals surface area contributed by atoms with E-state index in [-0.39, 0.29) is 6.04 Å². The number of nitrogens with two attached hydrogens (primary N) is 1. The molecule has 2 atom stereocenters. The predicted molar refractivity (Wildman–Crippen MR) is 66.5 cm³/mol. The highest BCUT2D eigenvalue weighted by Gasteiger charge is 2.32. The Hall–Kier alpha value is -0.570. The van der Waals surface area contributed by atoms with Gasteiger partial charge in [0.2, 0.25) is 0 Å². The minimum absolute atomic E-state index is 0.137. The number of rotatable bonds is 2. The molecule has 0 amide bonds. The van der Waals surface area contributed by atoms with Crippen LogP contribution in [0, 0.1) is 0 Å². The molecular formula is C13H18ClNO. The molecule has 88 valence electrons. The summed E-state index contributed by atoms with van der Waals surface area (Å²) < 4.78 is 0. The van der Waals surface area contributed by atoms with Gasteiger partial charge in [0.1, 0.15) is 0 Å². The first-order chi connectivity index (χ1) is 7.57. The van der Waals surface area contributed by atoms with E-state index in [1.165, 1.54) is 0 Å². The van der Waals surface area contributed by atoms with Gasteiger partial charge in [0.15, 0.2) is 0 Å². The van der Waals surface area contributed by atoms with Crippen molar-refractivity contribution in [1.82, 2.24) is 0 Å². The van der Waals surface area contributed by atoms with E-state index in [0.29, 0.717) is 12.8 Å². The standard InChI is InChI=1S/C13H18ClNO/c14-11-4-1-3-10(7-11)8-13(16)6-2-5-12(15)9-13/h1,3-4,7,12,16H,2,5-6,8-9,15H2. The minimum Gasteiger partial charge on any atom is -0.389 e. The molecule has 0 aliphatic heterocycles. The van der Waals surface area contributed by atoms with E-state index in [1.54, 1.807) is 0 Å². The molecule has 1 saturated carbocycles. The van der Waals surface area contributed by atoms with Gasteiger partial charge in [0.25, 0.3) is 0 Å². The van der Waals surface area contributed by atoms with Crippen LogP contribution in [0.4, 0.5) is 0 Å². The molecule has 0 radical (unpaired) electrons. The van der Waals surface area contributed by atoms with Gasteiger partial charge in [-0.1, -0.05) is 23.7 Å². The molecule has 3 heteroatoms. The quantitative estimate of drug-likeness (QED) is 0.833. The van der Waals surface area contributed by atoms with Crippen LogP contribution in [0.2, 0.25) is 5.02 Å². The molecule has 1 aliphatic carbocycles. The molecule has 2 unspecified atom stereocenters. The Morgan fingerprint density at radius 3 is 3.00 bits per heavy atom. The van der Waals surface area contributed by atoms with Crippen molar-refractivity contribution in [2.45, 2.75) is 43.7 Å². The maximum atomic E-state index is 10.5. The van der Waals surface area contributed by atoms with Gasteiger partial charge < -0.3 is 10.8 Å². The van der Waals surface area contributed by atoms with E-state index < -0.39 is 5.60 Å². The van der Waals surface area contributed by atoms with Crippen molar-refractivity contribution >= 4 is 11.6 Å². The average molecular weight is 240 g/mol. The lowest BCUT2D eigenvalue weighted by molar-refractivity contribution is -0.00190. The summed E-state index contributed by atoms with van der Waals surface area (Å²) >= 11 is 5.93. The van der Waals surface area contributed by atoms with Crippen LogP contribution in [0.15, 0.2) is 24.3 Å². The molecule has 0 saturated heterocycles. The number of benzene rings is 1. The van der Waals surface area contributed by atoms with Crippen LogP contribution < -0.4 is 5.73 Å². The number of hydrogen-bond donors (Lipinski definition) is 2. The molecule has 0 heterocycles. The Kier molecular flexibility index (Phi) is 3.53. The van der Waals surface area contributed by atoms with E-state index in [4.69, 9.17) is 17.3 Å². The third-order valence-electron chi connectivity index (χ3n) is 3.28. The van der Waals surface area contributed by atoms with E-state index >= 15 is 0 Å². The first-order valence-electron chi connectivity index (χ1n) is 5.80. The van der Waals surface area contributed by atoms with Crippen LogP contribution in [-0.2, 0) is 6.42 Å². The van der Waals surface area contributed by atoms with Crippen molar-refractivity contribution in [1.29, 1.82) is 0 Å². The monoisotopic (exact) mass is 239 g/mol. The molecule has 0 spiro atoms. The van der Waals surface area contributed by atoms with Gasteiger partial charge in [-0.3, -0.25) is 0 Å². The van der Waals surface area contributed by atoms with Gasteiger partial charge in [-0.05, 0) is 43.4 Å². The van der Waals surface area contributed by atoms with Crippen molar-refractivity contribution < 1.29 is 5.11 Å². The fraction of sp³-hybridized carbons (Fsp3) is 0.538. The van der Waals surface area contributed by atoms with E-state index in [2.05, 4.69) is 0 Å². The number of aliphatic hydroxyl groups is 1. The van der Waals surface area contributed by atoms with Crippen molar-refractivity contribution in [3.05, 3.63) is 34.9 Å². The molecule has 2 nitrogen and oxygen atoms in total. The zero-order valence-corrected chi connectivity index (χ0v) is 10.1. The zero-order valence-electron chi connectivity index (χ0n) is 9.32. The molecule has 0 bridgehead atoms. The Bertz CT molecular complexity index is 369. The van der Waals surface area contributed by atoms with E-state index in [1.807, 2.05) is 24.3 Å². The summed E-state index contributed by atoms with van der Waals surface area (Å²) in [6, 6.07) is 7.83. The Morgan fingerprint density at radius 1 is 1.50 bits per heavy atom. The number of hydrogen-bond acceptors (Lipinski definition) is 2. The second kappa shape index (κ2) is 4.74. The summed E-state index contributed by atoms with van der Waals surface area (Å²) in [5.41, 5.74) is 6.36. The lowest BCUT2D eigenvalue weighted by atomic mass is 9.78. The van der Waals surface area contributed by atoms with Gasteiger partial charge in [0.05, 0.1) is 5.60 Å². The topological polar surface area (TPSA) is 46.2 Å². The molecule has 1 aromatic carbocycles. The lowest BCUT2D eigenvalue weighted by Crippen LogP contribution is -2.42. The Morgan fingerprint density at radius 2 is 2.31 bits per heavy atom. The van der Waals surface area contributed by atoms with Gasteiger partial charge in [-0.15, -0.1) is 0 Å². The van der Waals surface area contributed by atoms with Crippen molar-refractivity contribution in [3.63, 3.8) is 0 Å². The van der Waals surface area contributed by atoms with Crippen molar-refractivity contribution in [2.24, 2.45) is 5.73 Å². The fourth-order valence-corrected chi connectivity index (χ4v) is 2.79. The molecule has 3 N–H and O–H groups in total. The van der Waals surface area contributed by atoms with Crippen LogP contribution in [0.25, 0.3) is 0 Å². The third kappa shape index (κ3) is 2.97. The fourth-order valence-electron chi connectivity index (χ4n) is 2.57. The highest BCUT2D eigenvalue weighted by molar-refractivity contribution is 6.30. The second-order valence-corrected chi connectivity index (χ2v) is 5.32. The normalized spacial score (nSPS) is 30.3. The number of halogens is 1. The smallest absolute Gasteiger partial charge is 0.0702 e. The largest absolute Gasteiger partial charge is 0.389 e. The van der Waals surface area contributed by atoms with Crippen molar-refractivity contribution in [2.75, 3.05) is 0 Å². The van der Waals surface area contributed by atoms with Crippen LogP contribution in [0.5, 0.6) is 0 Å².